The molecule has 7 heteroatoms. The summed E-state index contributed by atoms with van der Waals surface area (Å²) in [4.78, 5) is 18.4. The first-order valence-corrected chi connectivity index (χ1v) is 10.2. The Morgan fingerprint density at radius 2 is 1.96 bits per heavy atom. The molecule has 6 nitrogen and oxygen atoms in total. The summed E-state index contributed by atoms with van der Waals surface area (Å²) < 4.78 is 0. The van der Waals surface area contributed by atoms with Crippen LogP contribution in [0, 0.1) is 5.92 Å². The first kappa shape index (κ1) is 24.7. The number of benzene rings is 1. The van der Waals surface area contributed by atoms with Crippen LogP contribution in [0.2, 0.25) is 0 Å². The fraction of sp³-hybridized carbons (Fsp3) is 0.619. The van der Waals surface area contributed by atoms with E-state index in [1.54, 1.807) is 0 Å². The highest BCUT2D eigenvalue weighted by Crippen LogP contribution is 2.21. The second-order valence-corrected chi connectivity index (χ2v) is 7.06. The van der Waals surface area contributed by atoms with Gasteiger partial charge in [0, 0.05) is 38.3 Å². The van der Waals surface area contributed by atoms with E-state index in [2.05, 4.69) is 29.5 Å². The van der Waals surface area contributed by atoms with Crippen molar-refractivity contribution in [2.45, 2.75) is 52.5 Å². The normalized spacial score (nSPS) is 15.3. The molecule has 0 bridgehead atoms. The zero-order valence-corrected chi connectivity index (χ0v) is 19.4. The first-order valence-electron chi connectivity index (χ1n) is 10.2. The zero-order chi connectivity index (χ0) is 19.5. The molecule has 0 aliphatic carbocycles. The van der Waals surface area contributed by atoms with Crippen LogP contribution in [0.1, 0.15) is 51.5 Å². The lowest BCUT2D eigenvalue weighted by molar-refractivity contribution is -0.117. The van der Waals surface area contributed by atoms with Crippen molar-refractivity contribution in [2.24, 2.45) is 10.9 Å². The quantitative estimate of drug-likeness (QED) is 0.261. The Bertz CT molecular complexity index is 601. The molecule has 1 aromatic rings. The molecule has 1 unspecified atom stereocenters. The van der Waals surface area contributed by atoms with E-state index in [0.29, 0.717) is 18.9 Å². The number of hydrogen-bond donors (Lipinski definition) is 3. The van der Waals surface area contributed by atoms with E-state index in [1.807, 2.05) is 29.2 Å². The average Bonchev–Trinajstić information content (AvgIpc) is 3.10. The van der Waals surface area contributed by atoms with Gasteiger partial charge in [-0.2, -0.15) is 0 Å². The van der Waals surface area contributed by atoms with Gasteiger partial charge in [-0.05, 0) is 49.8 Å². The summed E-state index contributed by atoms with van der Waals surface area (Å²) in [5.74, 6) is 1.47. The molecule has 3 N–H and O–H groups in total. The van der Waals surface area contributed by atoms with Gasteiger partial charge in [0.1, 0.15) is 0 Å². The van der Waals surface area contributed by atoms with Gasteiger partial charge in [0.05, 0.1) is 6.54 Å². The zero-order valence-electron chi connectivity index (χ0n) is 17.1. The molecular weight excluding hydrogens is 467 g/mol. The summed E-state index contributed by atoms with van der Waals surface area (Å²) in [5, 5.41) is 15.9. The number of aliphatic imine (C=N–C) groups is 1. The lowest BCUT2D eigenvalue weighted by Crippen LogP contribution is -2.40. The minimum absolute atomic E-state index is 0. The maximum Gasteiger partial charge on any atom is 0.227 e. The Hall–Kier alpha value is -1.35. The third-order valence-electron chi connectivity index (χ3n) is 4.88. The van der Waals surface area contributed by atoms with E-state index in [9.17, 15) is 9.90 Å². The van der Waals surface area contributed by atoms with Crippen molar-refractivity contribution in [2.75, 3.05) is 31.1 Å². The molecule has 0 saturated carbocycles. The number of amides is 1. The summed E-state index contributed by atoms with van der Waals surface area (Å²) in [6.45, 7) is 7.47. The molecule has 1 aromatic carbocycles. The van der Waals surface area contributed by atoms with Crippen molar-refractivity contribution in [3.05, 3.63) is 29.8 Å². The van der Waals surface area contributed by atoms with Crippen LogP contribution in [0.3, 0.4) is 0 Å². The average molecular weight is 502 g/mol. The molecule has 0 aromatic heterocycles. The SMILES string of the molecule is CCCC(CCO)CNC(=NCc1ccc(N2CCCC2=O)cc1)NCC.I. The monoisotopic (exact) mass is 502 g/mol. The van der Waals surface area contributed by atoms with Crippen LogP contribution >= 0.6 is 24.0 Å². The molecule has 1 aliphatic rings. The van der Waals surface area contributed by atoms with Gasteiger partial charge in [0.2, 0.25) is 5.91 Å². The van der Waals surface area contributed by atoms with Gasteiger partial charge >= 0.3 is 0 Å². The molecular formula is C21H35IN4O2. The molecule has 1 fully saturated rings. The highest BCUT2D eigenvalue weighted by molar-refractivity contribution is 14.0. The van der Waals surface area contributed by atoms with Crippen molar-refractivity contribution in [3.8, 4) is 0 Å². The Morgan fingerprint density at radius 1 is 1.21 bits per heavy atom. The lowest BCUT2D eigenvalue weighted by Gasteiger charge is -2.18. The molecule has 1 heterocycles. The van der Waals surface area contributed by atoms with E-state index < -0.39 is 0 Å². The Kier molecular flexibility index (Phi) is 12.1. The van der Waals surface area contributed by atoms with Gasteiger partial charge in [-0.1, -0.05) is 25.5 Å². The molecule has 1 atom stereocenters. The van der Waals surface area contributed by atoms with Crippen LogP contribution in [0.4, 0.5) is 5.69 Å². The topological polar surface area (TPSA) is 77.0 Å². The lowest BCUT2D eigenvalue weighted by atomic mass is 10.0. The molecule has 0 radical (unpaired) electrons. The summed E-state index contributed by atoms with van der Waals surface area (Å²) in [6, 6.07) is 8.10. The van der Waals surface area contributed by atoms with Crippen LogP contribution in [-0.4, -0.2) is 43.2 Å². The van der Waals surface area contributed by atoms with Crippen LogP contribution in [-0.2, 0) is 11.3 Å². The first-order chi connectivity index (χ1) is 13.2. The number of rotatable bonds is 10. The summed E-state index contributed by atoms with van der Waals surface area (Å²) in [7, 11) is 0. The molecule has 1 saturated heterocycles. The number of aliphatic hydroxyl groups is 1. The third-order valence-corrected chi connectivity index (χ3v) is 4.88. The van der Waals surface area contributed by atoms with Crippen LogP contribution in [0.15, 0.2) is 29.3 Å². The van der Waals surface area contributed by atoms with Crippen LogP contribution < -0.4 is 15.5 Å². The summed E-state index contributed by atoms with van der Waals surface area (Å²) in [6.07, 6.45) is 4.63. The van der Waals surface area contributed by atoms with E-state index in [-0.39, 0.29) is 36.5 Å². The van der Waals surface area contributed by atoms with Crippen molar-refractivity contribution in [1.82, 2.24) is 10.6 Å². The standard InChI is InChI=1S/C21H34N4O2.HI/c1-3-6-17(12-14-26)15-23-21(22-4-2)24-16-18-8-10-19(11-9-18)25-13-5-7-20(25)27;/h8-11,17,26H,3-7,12-16H2,1-2H3,(H2,22,23,24);1H. The van der Waals surface area contributed by atoms with Gasteiger partial charge < -0.3 is 20.6 Å². The maximum absolute atomic E-state index is 11.8. The number of halogens is 1. The maximum atomic E-state index is 11.8. The second-order valence-electron chi connectivity index (χ2n) is 7.06. The fourth-order valence-corrected chi connectivity index (χ4v) is 3.39. The molecule has 2 rings (SSSR count). The number of hydrogen-bond acceptors (Lipinski definition) is 3. The minimum Gasteiger partial charge on any atom is -0.396 e. The predicted molar refractivity (Wildman–Crippen MR) is 126 cm³/mol. The Labute approximate surface area is 186 Å². The third kappa shape index (κ3) is 7.95. The number of nitrogens with zero attached hydrogens (tertiary/aromatic N) is 2. The van der Waals surface area contributed by atoms with Gasteiger partial charge in [-0.15, -0.1) is 24.0 Å². The Balaban J connectivity index is 0.00000392. The molecule has 0 spiro atoms. The highest BCUT2D eigenvalue weighted by Gasteiger charge is 2.21. The second kappa shape index (κ2) is 13.8. The number of aliphatic hydroxyl groups excluding tert-OH is 1. The van der Waals surface area contributed by atoms with Crippen molar-refractivity contribution in [3.63, 3.8) is 0 Å². The summed E-state index contributed by atoms with van der Waals surface area (Å²) in [5.41, 5.74) is 2.09. The van der Waals surface area contributed by atoms with E-state index in [4.69, 9.17) is 0 Å². The largest absolute Gasteiger partial charge is 0.396 e. The van der Waals surface area contributed by atoms with Gasteiger partial charge in [-0.3, -0.25) is 4.79 Å². The smallest absolute Gasteiger partial charge is 0.227 e. The van der Waals surface area contributed by atoms with Crippen molar-refractivity contribution < 1.29 is 9.90 Å². The predicted octanol–water partition coefficient (Wildman–Crippen LogP) is 3.29. The fourth-order valence-electron chi connectivity index (χ4n) is 3.39. The van der Waals surface area contributed by atoms with Crippen LogP contribution in [0.25, 0.3) is 0 Å². The van der Waals surface area contributed by atoms with E-state index in [0.717, 1.165) is 62.5 Å². The molecule has 158 valence electrons. The number of carbonyl (C=O) groups is 1. The van der Waals surface area contributed by atoms with E-state index >= 15 is 0 Å². The number of guanidine groups is 1. The van der Waals surface area contributed by atoms with Gasteiger partial charge in [0.15, 0.2) is 5.96 Å². The van der Waals surface area contributed by atoms with Crippen LogP contribution in [0.5, 0.6) is 0 Å². The minimum atomic E-state index is 0. The van der Waals surface area contributed by atoms with Crippen molar-refractivity contribution in [1.29, 1.82) is 0 Å². The Morgan fingerprint density at radius 3 is 2.54 bits per heavy atom. The molecule has 1 aliphatic heterocycles. The summed E-state index contributed by atoms with van der Waals surface area (Å²) >= 11 is 0. The molecule has 1 amide bonds. The molecule has 28 heavy (non-hydrogen) atoms. The van der Waals surface area contributed by atoms with E-state index in [1.165, 1.54) is 0 Å². The number of carbonyl (C=O) groups excluding carboxylic acids is 1. The van der Waals surface area contributed by atoms with Crippen molar-refractivity contribution >= 4 is 41.5 Å². The number of anilines is 1. The highest BCUT2D eigenvalue weighted by atomic mass is 127. The van der Waals surface area contributed by atoms with Gasteiger partial charge in [0.25, 0.3) is 0 Å². The number of nitrogens with one attached hydrogen (secondary N) is 2. The van der Waals surface area contributed by atoms with Gasteiger partial charge in [-0.25, -0.2) is 4.99 Å².